The molecule has 28 heavy (non-hydrogen) atoms. The van der Waals surface area contributed by atoms with E-state index in [1.165, 1.54) is 4.90 Å². The smallest absolute Gasteiger partial charge is 0.299 e. The number of benzene rings is 1. The zero-order valence-electron chi connectivity index (χ0n) is 15.7. The van der Waals surface area contributed by atoms with Gasteiger partial charge in [-0.05, 0) is 12.5 Å². The number of anilines is 1. The SMILES string of the molecule is CC.O=C(NCCCO)c1cc(N(CCCl)CCCl)c([N+](=O)[O-])cc1[N+](=O)[O-]. The Morgan fingerprint density at radius 1 is 1.11 bits per heavy atom. The Kier molecular flexibility index (Phi) is 12.8. The quantitative estimate of drug-likeness (QED) is 0.234. The molecule has 2 N–H and O–H groups in total. The minimum Gasteiger partial charge on any atom is -0.396 e. The molecule has 0 aliphatic rings. The molecule has 1 amide bonds. The predicted octanol–water partition coefficient (Wildman–Crippen LogP) is 2.93. The monoisotopic (exact) mass is 438 g/mol. The maximum absolute atomic E-state index is 12.3. The number of carbonyl (C=O) groups excluding carboxylic acids is 1. The lowest BCUT2D eigenvalue weighted by atomic mass is 10.1. The fourth-order valence-electron chi connectivity index (χ4n) is 2.23. The molecule has 0 aromatic heterocycles. The molecule has 0 bridgehead atoms. The number of nitro benzene ring substituents is 2. The first-order valence-electron chi connectivity index (χ1n) is 8.60. The summed E-state index contributed by atoms with van der Waals surface area (Å²) in [6.45, 7) is 4.36. The Morgan fingerprint density at radius 2 is 1.64 bits per heavy atom. The van der Waals surface area contributed by atoms with Crippen LogP contribution < -0.4 is 10.2 Å². The molecular formula is C16H24Cl2N4O6. The summed E-state index contributed by atoms with van der Waals surface area (Å²) in [5, 5.41) is 33.8. The second-order valence-electron chi connectivity index (χ2n) is 5.07. The van der Waals surface area contributed by atoms with Gasteiger partial charge in [-0.3, -0.25) is 25.0 Å². The van der Waals surface area contributed by atoms with Crippen molar-refractivity contribution in [3.05, 3.63) is 37.9 Å². The van der Waals surface area contributed by atoms with Crippen LogP contribution in [-0.2, 0) is 0 Å². The van der Waals surface area contributed by atoms with Crippen LogP contribution in [0.25, 0.3) is 0 Å². The van der Waals surface area contributed by atoms with Crippen LogP contribution in [0.2, 0.25) is 0 Å². The third-order valence-corrected chi connectivity index (χ3v) is 3.74. The molecule has 0 atom stereocenters. The van der Waals surface area contributed by atoms with Gasteiger partial charge in [-0.25, -0.2) is 0 Å². The highest BCUT2D eigenvalue weighted by Gasteiger charge is 2.30. The molecule has 0 unspecified atom stereocenters. The van der Waals surface area contributed by atoms with Gasteiger partial charge in [0.1, 0.15) is 11.3 Å². The normalized spacial score (nSPS) is 9.89. The summed E-state index contributed by atoms with van der Waals surface area (Å²) in [5.74, 6) is -0.482. The van der Waals surface area contributed by atoms with Crippen molar-refractivity contribution in [2.45, 2.75) is 20.3 Å². The molecule has 0 aliphatic carbocycles. The molecule has 0 aliphatic heterocycles. The van der Waals surface area contributed by atoms with Gasteiger partial charge in [0, 0.05) is 38.0 Å². The highest BCUT2D eigenvalue weighted by Crippen LogP contribution is 2.35. The number of hydrogen-bond acceptors (Lipinski definition) is 7. The number of alkyl halides is 2. The van der Waals surface area contributed by atoms with Crippen molar-refractivity contribution in [1.29, 1.82) is 0 Å². The van der Waals surface area contributed by atoms with E-state index in [0.29, 0.717) is 0 Å². The van der Waals surface area contributed by atoms with Gasteiger partial charge in [-0.2, -0.15) is 0 Å². The number of nitrogens with zero attached hydrogens (tertiary/aromatic N) is 3. The van der Waals surface area contributed by atoms with Crippen molar-refractivity contribution in [2.24, 2.45) is 0 Å². The first-order chi connectivity index (χ1) is 13.4. The highest BCUT2D eigenvalue weighted by atomic mass is 35.5. The van der Waals surface area contributed by atoms with Crippen molar-refractivity contribution >= 4 is 46.2 Å². The molecule has 0 radical (unpaired) electrons. The lowest BCUT2D eigenvalue weighted by Gasteiger charge is -2.23. The number of amides is 1. The van der Waals surface area contributed by atoms with Gasteiger partial charge in [-0.1, -0.05) is 13.8 Å². The van der Waals surface area contributed by atoms with Gasteiger partial charge < -0.3 is 15.3 Å². The third-order valence-electron chi connectivity index (χ3n) is 3.40. The Morgan fingerprint density at radius 3 is 2.07 bits per heavy atom. The van der Waals surface area contributed by atoms with Gasteiger partial charge in [0.25, 0.3) is 17.3 Å². The maximum atomic E-state index is 12.3. The first-order valence-corrected chi connectivity index (χ1v) is 9.67. The summed E-state index contributed by atoms with van der Waals surface area (Å²) in [7, 11) is 0. The second kappa shape index (κ2) is 13.9. The van der Waals surface area contributed by atoms with Gasteiger partial charge in [0.15, 0.2) is 0 Å². The molecule has 0 fully saturated rings. The summed E-state index contributed by atoms with van der Waals surface area (Å²) in [6, 6.07) is 1.86. The lowest BCUT2D eigenvalue weighted by molar-refractivity contribution is -0.393. The summed E-state index contributed by atoms with van der Waals surface area (Å²) in [4.78, 5) is 34.8. The number of aliphatic hydroxyl groups is 1. The van der Waals surface area contributed by atoms with E-state index < -0.39 is 27.1 Å². The van der Waals surface area contributed by atoms with Crippen molar-refractivity contribution in [2.75, 3.05) is 42.9 Å². The van der Waals surface area contributed by atoms with Crippen molar-refractivity contribution in [3.63, 3.8) is 0 Å². The molecule has 1 aromatic carbocycles. The van der Waals surface area contributed by atoms with E-state index in [0.717, 1.165) is 12.1 Å². The largest absolute Gasteiger partial charge is 0.396 e. The molecule has 0 spiro atoms. The number of carbonyl (C=O) groups is 1. The number of nitrogens with one attached hydrogen (secondary N) is 1. The second-order valence-corrected chi connectivity index (χ2v) is 5.83. The topological polar surface area (TPSA) is 139 Å². The fraction of sp³-hybridized carbons (Fsp3) is 0.562. The first kappa shape index (κ1) is 25.8. The third kappa shape index (κ3) is 7.45. The molecule has 158 valence electrons. The molecule has 0 saturated heterocycles. The Bertz CT molecular complexity index is 669. The van der Waals surface area contributed by atoms with Crippen LogP contribution in [0.4, 0.5) is 17.1 Å². The molecule has 12 heteroatoms. The molecule has 0 heterocycles. The molecule has 1 rings (SSSR count). The molecule has 1 aromatic rings. The van der Waals surface area contributed by atoms with Gasteiger partial charge in [-0.15, -0.1) is 23.2 Å². The number of aliphatic hydroxyl groups excluding tert-OH is 1. The Labute approximate surface area is 172 Å². The number of nitro groups is 2. The van der Waals surface area contributed by atoms with Crippen LogP contribution in [0.15, 0.2) is 12.1 Å². The average molecular weight is 439 g/mol. The lowest BCUT2D eigenvalue weighted by Crippen LogP contribution is -2.30. The van der Waals surface area contributed by atoms with Gasteiger partial charge >= 0.3 is 0 Å². The van der Waals surface area contributed by atoms with Gasteiger partial charge in [0.05, 0.1) is 15.9 Å². The summed E-state index contributed by atoms with van der Waals surface area (Å²) in [5.41, 5.74) is -1.49. The average Bonchev–Trinajstić information content (AvgIpc) is 2.68. The van der Waals surface area contributed by atoms with Crippen LogP contribution in [0, 0.1) is 20.2 Å². The Hall–Kier alpha value is -2.17. The van der Waals surface area contributed by atoms with Crippen LogP contribution in [0.5, 0.6) is 0 Å². The standard InChI is InChI=1S/C14H18Cl2N4O6.C2H6/c15-2-5-18(6-3-16)12-8-10(14(22)17-4-1-7-21)11(19(23)24)9-13(12)20(25)26;1-2/h8-9,21H,1-7H2,(H,17,22);1-2H3. The van der Waals surface area contributed by atoms with Crippen molar-refractivity contribution in [1.82, 2.24) is 5.32 Å². The van der Waals surface area contributed by atoms with E-state index in [9.17, 15) is 25.0 Å². The van der Waals surface area contributed by atoms with Crippen molar-refractivity contribution < 1.29 is 19.7 Å². The van der Waals surface area contributed by atoms with E-state index >= 15 is 0 Å². The molecule has 10 nitrogen and oxygen atoms in total. The summed E-state index contributed by atoms with van der Waals surface area (Å²) >= 11 is 11.4. The predicted molar refractivity (Wildman–Crippen MR) is 109 cm³/mol. The Balaban J connectivity index is 0.00000352. The fourth-order valence-corrected chi connectivity index (χ4v) is 2.64. The minimum absolute atomic E-state index is 0.0224. The van der Waals surface area contributed by atoms with Crippen LogP contribution in [0.1, 0.15) is 30.6 Å². The highest BCUT2D eigenvalue weighted by molar-refractivity contribution is 6.18. The number of rotatable bonds is 11. The summed E-state index contributed by atoms with van der Waals surface area (Å²) < 4.78 is 0. The maximum Gasteiger partial charge on any atom is 0.299 e. The van der Waals surface area contributed by atoms with Crippen LogP contribution >= 0.6 is 23.2 Å². The van der Waals surface area contributed by atoms with E-state index in [1.54, 1.807) is 0 Å². The van der Waals surface area contributed by atoms with Gasteiger partial charge in [0.2, 0.25) is 0 Å². The van der Waals surface area contributed by atoms with E-state index in [-0.39, 0.29) is 55.7 Å². The zero-order chi connectivity index (χ0) is 21.7. The minimum atomic E-state index is -0.856. The van der Waals surface area contributed by atoms with Crippen LogP contribution in [-0.4, -0.2) is 58.9 Å². The van der Waals surface area contributed by atoms with Crippen LogP contribution in [0.3, 0.4) is 0 Å². The molecule has 0 saturated carbocycles. The number of hydrogen-bond donors (Lipinski definition) is 2. The zero-order valence-corrected chi connectivity index (χ0v) is 17.2. The summed E-state index contributed by atoms with van der Waals surface area (Å²) in [6.07, 6.45) is 0.268. The van der Waals surface area contributed by atoms with E-state index in [1.807, 2.05) is 13.8 Å². The van der Waals surface area contributed by atoms with Crippen molar-refractivity contribution in [3.8, 4) is 0 Å². The molecular weight excluding hydrogens is 415 g/mol. The van der Waals surface area contributed by atoms with E-state index in [4.69, 9.17) is 28.3 Å². The van der Waals surface area contributed by atoms with E-state index in [2.05, 4.69) is 5.32 Å². The number of halogens is 2.